The summed E-state index contributed by atoms with van der Waals surface area (Å²) in [6.07, 6.45) is 2.06. The number of aromatic nitrogens is 2. The van der Waals surface area contributed by atoms with E-state index in [9.17, 15) is 0 Å². The molecule has 0 amide bonds. The fourth-order valence-electron chi connectivity index (χ4n) is 2.38. The molecule has 0 aliphatic rings. The van der Waals surface area contributed by atoms with Gasteiger partial charge in [0.15, 0.2) is 0 Å². The Labute approximate surface area is 134 Å². The summed E-state index contributed by atoms with van der Waals surface area (Å²) in [5.74, 6) is 0. The molecule has 3 rings (SSSR count). The Morgan fingerprint density at radius 2 is 1.86 bits per heavy atom. The normalized spacial score (nSPS) is 11.2. The van der Waals surface area contributed by atoms with Gasteiger partial charge in [-0.05, 0) is 36.4 Å². The van der Waals surface area contributed by atoms with Crippen LogP contribution in [0.3, 0.4) is 0 Å². The lowest BCUT2D eigenvalue weighted by molar-refractivity contribution is -0.654. The van der Waals surface area contributed by atoms with Gasteiger partial charge in [-0.3, -0.25) is 0 Å². The molecule has 0 saturated heterocycles. The number of azo groups is 1. The van der Waals surface area contributed by atoms with Crippen molar-refractivity contribution in [2.75, 3.05) is 0 Å². The van der Waals surface area contributed by atoms with Crippen LogP contribution in [0, 0.1) is 13.8 Å². The van der Waals surface area contributed by atoms with Gasteiger partial charge in [-0.2, -0.15) is 0 Å². The highest BCUT2D eigenvalue weighted by atomic mass is 35.5. The molecule has 2 aromatic heterocycles. The van der Waals surface area contributed by atoms with Crippen LogP contribution in [0.4, 0.5) is 10.8 Å². The van der Waals surface area contributed by atoms with Crippen LogP contribution in [-0.4, -0.2) is 4.57 Å². The fraction of sp³-hybridized carbons (Fsp3) is 0.267. The molecule has 0 radical (unpaired) electrons. The second-order valence-corrected chi connectivity index (χ2v) is 6.16. The highest BCUT2D eigenvalue weighted by Crippen LogP contribution is 2.33. The maximum Gasteiger partial charge on any atom is 0.408 e. The van der Waals surface area contributed by atoms with Crippen molar-refractivity contribution >= 4 is 33.1 Å². The van der Waals surface area contributed by atoms with Gasteiger partial charge in [-0.15, -0.1) is 0 Å². The van der Waals surface area contributed by atoms with Crippen molar-refractivity contribution in [2.45, 2.75) is 13.8 Å². The van der Waals surface area contributed by atoms with Crippen LogP contribution in [0.1, 0.15) is 10.6 Å². The Morgan fingerprint density at radius 1 is 1.14 bits per heavy atom. The lowest BCUT2D eigenvalue weighted by atomic mass is 10.2. The van der Waals surface area contributed by atoms with E-state index in [1.807, 2.05) is 23.7 Å². The molecule has 0 N–H and O–H groups in total. The lowest BCUT2D eigenvalue weighted by Crippen LogP contribution is -3.00. The van der Waals surface area contributed by atoms with Crippen LogP contribution in [-0.2, 0) is 14.1 Å². The van der Waals surface area contributed by atoms with Gasteiger partial charge in [0, 0.05) is 23.0 Å². The van der Waals surface area contributed by atoms with Crippen molar-refractivity contribution in [2.24, 2.45) is 24.3 Å². The molecule has 4 nitrogen and oxygen atoms in total. The van der Waals surface area contributed by atoms with Gasteiger partial charge in [0.1, 0.15) is 11.9 Å². The molecule has 0 unspecified atom stereocenters. The van der Waals surface area contributed by atoms with Gasteiger partial charge in [0.25, 0.3) is 0 Å². The summed E-state index contributed by atoms with van der Waals surface area (Å²) in [5.41, 5.74) is 3.27. The summed E-state index contributed by atoms with van der Waals surface area (Å²) in [7, 11) is 4.06. The summed E-state index contributed by atoms with van der Waals surface area (Å²) >= 11 is 1.65. The first-order valence-electron chi connectivity index (χ1n) is 6.49. The van der Waals surface area contributed by atoms with Crippen LogP contribution in [0.15, 0.2) is 40.7 Å². The second kappa shape index (κ2) is 5.95. The van der Waals surface area contributed by atoms with E-state index in [2.05, 4.69) is 54.0 Å². The van der Waals surface area contributed by atoms with Gasteiger partial charge >= 0.3 is 5.13 Å². The average Bonchev–Trinajstić information content (AvgIpc) is 2.87. The van der Waals surface area contributed by atoms with E-state index in [1.54, 1.807) is 11.3 Å². The number of halogens is 1. The van der Waals surface area contributed by atoms with Crippen LogP contribution in [0.25, 0.3) is 10.9 Å². The minimum Gasteiger partial charge on any atom is -1.00 e. The highest BCUT2D eigenvalue weighted by molar-refractivity contribution is 7.14. The molecule has 0 spiro atoms. The maximum absolute atomic E-state index is 4.49. The number of aryl methyl sites for hydroxylation is 3. The van der Waals surface area contributed by atoms with Gasteiger partial charge < -0.3 is 17.0 Å². The Bertz CT molecular complexity index is 817. The van der Waals surface area contributed by atoms with Crippen LogP contribution < -0.4 is 17.0 Å². The molecule has 0 aliphatic heterocycles. The van der Waals surface area contributed by atoms with E-state index >= 15 is 0 Å². The summed E-state index contributed by atoms with van der Waals surface area (Å²) < 4.78 is 4.16. The first-order valence-corrected chi connectivity index (χ1v) is 7.31. The Balaban J connectivity index is 0.00000161. The molecule has 0 bridgehead atoms. The molecule has 6 heteroatoms. The number of hydrogen-bond donors (Lipinski definition) is 0. The van der Waals surface area contributed by atoms with E-state index < -0.39 is 0 Å². The zero-order valence-corrected chi connectivity index (χ0v) is 14.0. The topological polar surface area (TPSA) is 33.5 Å². The molecule has 0 saturated carbocycles. The Hall–Kier alpha value is -1.72. The minimum absolute atomic E-state index is 0. The standard InChI is InChI=1S/C15H17N4S.ClH/c1-10-9-18(3)15(20-10)17-16-14-11(2)19(4)13-8-6-5-7-12(13)14;/h5-9H,1-4H3;1H/q+1;/p-1. The molecule has 1 aromatic carbocycles. The first kappa shape index (κ1) is 15.7. The highest BCUT2D eigenvalue weighted by Gasteiger charge is 2.15. The Kier molecular flexibility index (Phi) is 4.44. The van der Waals surface area contributed by atoms with E-state index in [-0.39, 0.29) is 12.4 Å². The molecule has 2 heterocycles. The molecule has 0 atom stereocenters. The first-order chi connectivity index (χ1) is 9.58. The second-order valence-electron chi connectivity index (χ2n) is 4.95. The average molecular weight is 321 g/mol. The predicted octanol–water partition coefficient (Wildman–Crippen LogP) is 1.10. The largest absolute Gasteiger partial charge is 1.00 e. The number of thiazole rings is 1. The van der Waals surface area contributed by atoms with Crippen molar-refractivity contribution in [3.05, 3.63) is 41.0 Å². The number of benzene rings is 1. The SMILES string of the molecule is Cc1c[n+](C)c(N=Nc2c(C)n(C)c3ccccc23)s1.[Cl-]. The van der Waals surface area contributed by atoms with E-state index in [0.717, 1.165) is 21.9 Å². The fourth-order valence-corrected chi connectivity index (χ4v) is 3.16. The van der Waals surface area contributed by atoms with Crippen LogP contribution in [0.5, 0.6) is 0 Å². The van der Waals surface area contributed by atoms with Crippen molar-refractivity contribution < 1.29 is 17.0 Å². The number of nitrogens with zero attached hydrogens (tertiary/aromatic N) is 4. The van der Waals surface area contributed by atoms with Crippen LogP contribution in [0.2, 0.25) is 0 Å². The third-order valence-electron chi connectivity index (χ3n) is 3.53. The molecule has 0 fully saturated rings. The van der Waals surface area contributed by atoms with Gasteiger partial charge in [0.2, 0.25) is 0 Å². The quantitative estimate of drug-likeness (QED) is 0.500. The monoisotopic (exact) mass is 320 g/mol. The lowest BCUT2D eigenvalue weighted by Gasteiger charge is -1.96. The molecular weight excluding hydrogens is 304 g/mol. The van der Waals surface area contributed by atoms with Crippen molar-refractivity contribution in [1.82, 2.24) is 4.57 Å². The smallest absolute Gasteiger partial charge is 0.408 e. The number of fused-ring (bicyclic) bond motifs is 1. The third-order valence-corrected chi connectivity index (χ3v) is 4.51. The van der Waals surface area contributed by atoms with E-state index in [1.165, 1.54) is 10.4 Å². The summed E-state index contributed by atoms with van der Waals surface area (Å²) in [4.78, 5) is 1.23. The minimum atomic E-state index is 0. The third kappa shape index (κ3) is 2.71. The molecule has 21 heavy (non-hydrogen) atoms. The molecule has 3 aromatic rings. The zero-order chi connectivity index (χ0) is 14.3. The number of hydrogen-bond acceptors (Lipinski definition) is 3. The van der Waals surface area contributed by atoms with Gasteiger partial charge in [-0.25, -0.2) is 4.57 Å². The van der Waals surface area contributed by atoms with Crippen molar-refractivity contribution in [1.29, 1.82) is 0 Å². The van der Waals surface area contributed by atoms with Gasteiger partial charge in [-0.1, -0.05) is 18.2 Å². The maximum atomic E-state index is 4.49. The number of rotatable bonds is 2. The van der Waals surface area contributed by atoms with E-state index in [4.69, 9.17) is 0 Å². The number of para-hydroxylation sites is 1. The van der Waals surface area contributed by atoms with Crippen molar-refractivity contribution in [3.63, 3.8) is 0 Å². The molecule has 110 valence electrons. The zero-order valence-electron chi connectivity index (χ0n) is 12.5. The summed E-state index contributed by atoms with van der Waals surface area (Å²) in [6.45, 7) is 4.15. The van der Waals surface area contributed by atoms with Crippen LogP contribution >= 0.6 is 11.3 Å². The summed E-state index contributed by atoms with van der Waals surface area (Å²) in [6, 6.07) is 8.29. The van der Waals surface area contributed by atoms with E-state index in [0.29, 0.717) is 0 Å². The van der Waals surface area contributed by atoms with Crippen molar-refractivity contribution in [3.8, 4) is 0 Å². The van der Waals surface area contributed by atoms with Gasteiger partial charge in [0.05, 0.1) is 17.7 Å². The summed E-state index contributed by atoms with van der Waals surface area (Å²) in [5, 5.41) is 11.0. The Morgan fingerprint density at radius 3 is 2.52 bits per heavy atom. The molecular formula is C15H17ClN4S. The molecule has 0 aliphatic carbocycles. The predicted molar refractivity (Wildman–Crippen MR) is 82.1 cm³/mol.